The van der Waals surface area contributed by atoms with Crippen molar-refractivity contribution < 1.29 is 4.79 Å². The predicted molar refractivity (Wildman–Crippen MR) is 138 cm³/mol. The van der Waals surface area contributed by atoms with E-state index in [0.29, 0.717) is 29.0 Å². The van der Waals surface area contributed by atoms with Crippen LogP contribution in [0.2, 0.25) is 10.2 Å². The lowest BCUT2D eigenvalue weighted by molar-refractivity contribution is -0.118. The van der Waals surface area contributed by atoms with Crippen LogP contribution < -0.4 is 11.2 Å². The van der Waals surface area contributed by atoms with Gasteiger partial charge >= 0.3 is 0 Å². The van der Waals surface area contributed by atoms with Crippen molar-refractivity contribution in [2.45, 2.75) is 32.6 Å². The van der Waals surface area contributed by atoms with Crippen molar-refractivity contribution in [3.63, 3.8) is 0 Å². The number of nitrogens with zero attached hydrogens (tertiary/aromatic N) is 3. The van der Waals surface area contributed by atoms with Gasteiger partial charge in [0.05, 0.1) is 34.5 Å². The highest BCUT2D eigenvalue weighted by molar-refractivity contribution is 6.31. The summed E-state index contributed by atoms with van der Waals surface area (Å²) in [6.07, 6.45) is 0.942. The molecule has 1 aromatic heterocycles. The Morgan fingerprint density at radius 2 is 1.86 bits per heavy atom. The number of ketones is 1. The number of hydrazine groups is 1. The number of carbonyl (C=O) groups excluding carboxylic acids is 1. The third-order valence-electron chi connectivity index (χ3n) is 6.48. The van der Waals surface area contributed by atoms with Crippen molar-refractivity contribution in [2.75, 3.05) is 5.43 Å². The van der Waals surface area contributed by atoms with Crippen molar-refractivity contribution >= 4 is 45.6 Å². The molecule has 3 N–H and O–H groups in total. The van der Waals surface area contributed by atoms with Crippen molar-refractivity contribution in [3.05, 3.63) is 93.0 Å². The van der Waals surface area contributed by atoms with E-state index in [1.54, 1.807) is 17.1 Å². The number of nitrogens with two attached hydrogens (primary N) is 1. The molecule has 2 aliphatic rings. The lowest BCUT2D eigenvalue weighted by Crippen LogP contribution is -2.44. The minimum absolute atomic E-state index is 0.0337. The van der Waals surface area contributed by atoms with Gasteiger partial charge in [-0.1, -0.05) is 55.2 Å². The number of halogens is 2. The molecule has 0 saturated heterocycles. The van der Waals surface area contributed by atoms with Crippen molar-refractivity contribution in [3.8, 4) is 6.07 Å². The van der Waals surface area contributed by atoms with Gasteiger partial charge in [-0.15, -0.1) is 0 Å². The third-order valence-corrected chi connectivity index (χ3v) is 7.04. The highest BCUT2D eigenvalue weighted by atomic mass is 35.5. The maximum atomic E-state index is 13.6. The van der Waals surface area contributed by atoms with Crippen LogP contribution in [0.1, 0.15) is 38.2 Å². The summed E-state index contributed by atoms with van der Waals surface area (Å²) in [5.74, 6) is -0.513. The lowest BCUT2D eigenvalue weighted by Gasteiger charge is -2.43. The van der Waals surface area contributed by atoms with Gasteiger partial charge in [0.2, 0.25) is 0 Å². The number of benzene rings is 2. The number of nitriles is 1. The second-order valence-electron chi connectivity index (χ2n) is 9.66. The number of pyridine rings is 1. The maximum absolute atomic E-state index is 13.6. The fourth-order valence-electron chi connectivity index (χ4n) is 4.91. The minimum atomic E-state index is -0.702. The van der Waals surface area contributed by atoms with E-state index >= 15 is 0 Å². The number of hydrogen-bond acceptors (Lipinski definition) is 6. The van der Waals surface area contributed by atoms with Crippen LogP contribution in [0, 0.1) is 16.7 Å². The first-order chi connectivity index (χ1) is 16.7. The molecule has 0 amide bonds. The topological polar surface area (TPSA) is 95.0 Å². The van der Waals surface area contributed by atoms with Gasteiger partial charge in [-0.3, -0.25) is 10.2 Å². The van der Waals surface area contributed by atoms with Crippen LogP contribution in [-0.4, -0.2) is 15.8 Å². The number of anilines is 1. The fourth-order valence-corrected chi connectivity index (χ4v) is 5.29. The van der Waals surface area contributed by atoms with Crippen molar-refractivity contribution in [1.29, 1.82) is 5.26 Å². The molecule has 35 heavy (non-hydrogen) atoms. The Hall–Kier alpha value is -3.53. The molecule has 0 spiro atoms. The average Bonchev–Trinajstić information content (AvgIpc) is 2.81. The van der Waals surface area contributed by atoms with Gasteiger partial charge in [-0.25, -0.2) is 9.99 Å². The molecule has 0 bridgehead atoms. The highest BCUT2D eigenvalue weighted by Gasteiger charge is 2.45. The molecule has 1 atom stereocenters. The summed E-state index contributed by atoms with van der Waals surface area (Å²) in [6, 6.07) is 18.9. The largest absolute Gasteiger partial charge is 0.383 e. The summed E-state index contributed by atoms with van der Waals surface area (Å²) < 4.78 is 0. The third kappa shape index (κ3) is 4.12. The quantitative estimate of drug-likeness (QED) is 0.406. The van der Waals surface area contributed by atoms with Gasteiger partial charge in [0.25, 0.3) is 0 Å². The summed E-state index contributed by atoms with van der Waals surface area (Å²) in [7, 11) is 0. The molecular weight excluding hydrogens is 481 g/mol. The Kier molecular flexibility index (Phi) is 5.71. The van der Waals surface area contributed by atoms with Crippen LogP contribution in [0.15, 0.2) is 77.3 Å². The standard InChI is InChI=1S/C27H23Cl2N5O/c1-27(2)12-21-24(22(35)13-27)23(18-11-15-5-3-4-6-20(15)32-25(18)29)19(14-30)26(31)34(21)33-17-9-7-16(28)8-10-17/h3-11,23,33H,12-13,31H2,1-2H3. The minimum Gasteiger partial charge on any atom is -0.383 e. The highest BCUT2D eigenvalue weighted by Crippen LogP contribution is 2.50. The average molecular weight is 504 g/mol. The lowest BCUT2D eigenvalue weighted by atomic mass is 9.69. The molecule has 2 heterocycles. The summed E-state index contributed by atoms with van der Waals surface area (Å²) in [5.41, 5.74) is 13.2. The zero-order valence-electron chi connectivity index (χ0n) is 19.3. The molecule has 1 aliphatic carbocycles. The van der Waals surface area contributed by atoms with Crippen LogP contribution >= 0.6 is 23.2 Å². The molecule has 1 aliphatic heterocycles. The summed E-state index contributed by atoms with van der Waals surface area (Å²) >= 11 is 12.7. The van der Waals surface area contributed by atoms with Gasteiger partial charge in [0.1, 0.15) is 11.0 Å². The van der Waals surface area contributed by atoms with Gasteiger partial charge in [0, 0.05) is 28.0 Å². The van der Waals surface area contributed by atoms with Crippen LogP contribution in [0.4, 0.5) is 5.69 Å². The van der Waals surface area contributed by atoms with E-state index in [0.717, 1.165) is 22.3 Å². The van der Waals surface area contributed by atoms with E-state index in [9.17, 15) is 10.1 Å². The first kappa shape index (κ1) is 23.2. The maximum Gasteiger partial charge on any atom is 0.162 e. The molecule has 8 heteroatoms. The van der Waals surface area contributed by atoms with Crippen LogP contribution in [0.3, 0.4) is 0 Å². The van der Waals surface area contributed by atoms with Gasteiger partial charge in [0.15, 0.2) is 5.78 Å². The Balaban J connectivity index is 1.72. The smallest absolute Gasteiger partial charge is 0.162 e. The normalized spacial score (nSPS) is 19.6. The summed E-state index contributed by atoms with van der Waals surface area (Å²) in [6.45, 7) is 4.10. The SMILES string of the molecule is CC1(C)CC(=O)C2=C(C1)N(Nc1ccc(Cl)cc1)C(N)=C(C#N)C2c1cc2ccccc2nc1Cl. The number of aromatic nitrogens is 1. The van der Waals surface area contributed by atoms with E-state index in [4.69, 9.17) is 28.9 Å². The van der Waals surface area contributed by atoms with Gasteiger partial charge in [-0.05, 0) is 48.2 Å². The Morgan fingerprint density at radius 3 is 2.57 bits per heavy atom. The number of nitrogens with one attached hydrogen (secondary N) is 1. The first-order valence-electron chi connectivity index (χ1n) is 11.2. The van der Waals surface area contributed by atoms with E-state index in [2.05, 4.69) is 30.3 Å². The predicted octanol–water partition coefficient (Wildman–Crippen LogP) is 6.30. The number of para-hydroxylation sites is 1. The molecule has 3 aromatic rings. The molecule has 176 valence electrons. The Morgan fingerprint density at radius 1 is 1.14 bits per heavy atom. The van der Waals surface area contributed by atoms with E-state index in [-0.39, 0.29) is 27.7 Å². The number of hydrogen-bond donors (Lipinski definition) is 2. The summed E-state index contributed by atoms with van der Waals surface area (Å²) in [4.78, 5) is 18.2. The number of Topliss-reactive ketones (excluding diaryl/α,β-unsaturated/α-hetero) is 1. The Bertz CT molecular complexity index is 1470. The van der Waals surface area contributed by atoms with Crippen molar-refractivity contribution in [1.82, 2.24) is 9.99 Å². The molecule has 5 rings (SSSR count). The monoisotopic (exact) mass is 503 g/mol. The van der Waals surface area contributed by atoms with Crippen molar-refractivity contribution in [2.24, 2.45) is 11.1 Å². The van der Waals surface area contributed by atoms with Gasteiger partial charge < -0.3 is 5.73 Å². The number of allylic oxidation sites excluding steroid dienone is 3. The van der Waals surface area contributed by atoms with Crippen LogP contribution in [0.25, 0.3) is 10.9 Å². The number of fused-ring (bicyclic) bond motifs is 1. The second kappa shape index (κ2) is 8.60. The van der Waals surface area contributed by atoms with E-state index in [1.165, 1.54) is 0 Å². The molecule has 6 nitrogen and oxygen atoms in total. The molecule has 1 unspecified atom stereocenters. The van der Waals surface area contributed by atoms with Gasteiger partial charge in [-0.2, -0.15) is 5.26 Å². The van der Waals surface area contributed by atoms with E-state index < -0.39 is 5.92 Å². The van der Waals surface area contributed by atoms with Crippen LogP contribution in [0.5, 0.6) is 0 Å². The number of carbonyl (C=O) groups is 1. The van der Waals surface area contributed by atoms with E-state index in [1.807, 2.05) is 42.5 Å². The summed E-state index contributed by atoms with van der Waals surface area (Å²) in [5, 5.41) is 13.6. The zero-order valence-corrected chi connectivity index (χ0v) is 20.8. The molecular formula is C27H23Cl2N5O. The first-order valence-corrected chi connectivity index (χ1v) is 12.0. The zero-order chi connectivity index (χ0) is 24.9. The Labute approximate surface area is 213 Å². The second-order valence-corrected chi connectivity index (χ2v) is 10.5. The van der Waals surface area contributed by atoms with Crippen LogP contribution in [-0.2, 0) is 4.79 Å². The number of rotatable bonds is 3. The fraction of sp³-hybridized carbons (Fsp3) is 0.222. The molecule has 0 radical (unpaired) electrons. The molecule has 2 aromatic carbocycles. The molecule has 0 saturated carbocycles. The molecule has 0 fully saturated rings.